The Morgan fingerprint density at radius 1 is 1.29 bits per heavy atom. The van der Waals surface area contributed by atoms with E-state index in [-0.39, 0.29) is 12.3 Å². The van der Waals surface area contributed by atoms with Gasteiger partial charge in [0.1, 0.15) is 17.0 Å². The maximum atomic E-state index is 12.6. The van der Waals surface area contributed by atoms with E-state index in [0.29, 0.717) is 17.1 Å². The number of anilines is 1. The molecular formula is C16H16F2N4O2. The molecule has 3 rings (SSSR count). The molecule has 0 aliphatic heterocycles. The third-order valence-corrected chi connectivity index (χ3v) is 3.44. The summed E-state index contributed by atoms with van der Waals surface area (Å²) in [7, 11) is 1.51. The van der Waals surface area contributed by atoms with Gasteiger partial charge in [-0.1, -0.05) is 0 Å². The van der Waals surface area contributed by atoms with Gasteiger partial charge in [0.15, 0.2) is 5.82 Å². The molecule has 0 saturated heterocycles. The Balaban J connectivity index is 1.87. The van der Waals surface area contributed by atoms with E-state index in [4.69, 9.17) is 4.74 Å². The number of aromatic nitrogens is 3. The van der Waals surface area contributed by atoms with E-state index in [9.17, 15) is 8.78 Å². The highest BCUT2D eigenvalue weighted by Crippen LogP contribution is 2.27. The number of methoxy groups -OCH3 is 1. The first-order valence-corrected chi connectivity index (χ1v) is 7.23. The standard InChI is InChI=1S/C16H16F2N4O2/c1-10-7-13-15(19-5-6-22(13)21-10)20-9-11-8-12(23-2)3-4-14(11)24-16(17)18/h3-8,16H,9H2,1-2H3,(H,19,20). The molecule has 2 heterocycles. The van der Waals surface area contributed by atoms with Crippen LogP contribution in [0.2, 0.25) is 0 Å². The second-order valence-corrected chi connectivity index (χ2v) is 5.10. The van der Waals surface area contributed by atoms with Crippen molar-refractivity contribution in [2.24, 2.45) is 0 Å². The Morgan fingerprint density at radius 2 is 2.12 bits per heavy atom. The topological polar surface area (TPSA) is 60.7 Å². The molecule has 0 saturated carbocycles. The highest BCUT2D eigenvalue weighted by molar-refractivity contribution is 5.67. The smallest absolute Gasteiger partial charge is 0.387 e. The van der Waals surface area contributed by atoms with Gasteiger partial charge in [-0.3, -0.25) is 0 Å². The summed E-state index contributed by atoms with van der Waals surface area (Å²) in [5, 5.41) is 7.44. The minimum Gasteiger partial charge on any atom is -0.497 e. The van der Waals surface area contributed by atoms with E-state index in [1.165, 1.54) is 13.2 Å². The number of halogens is 2. The lowest BCUT2D eigenvalue weighted by Gasteiger charge is -2.13. The molecular weight excluding hydrogens is 318 g/mol. The van der Waals surface area contributed by atoms with Gasteiger partial charge in [-0.15, -0.1) is 0 Å². The number of rotatable bonds is 6. The molecule has 1 aromatic carbocycles. The van der Waals surface area contributed by atoms with E-state index in [2.05, 4.69) is 20.1 Å². The highest BCUT2D eigenvalue weighted by atomic mass is 19.3. The molecule has 6 nitrogen and oxygen atoms in total. The minimum absolute atomic E-state index is 0.0925. The van der Waals surface area contributed by atoms with Crippen LogP contribution in [0.25, 0.3) is 5.52 Å². The van der Waals surface area contributed by atoms with Gasteiger partial charge >= 0.3 is 6.61 Å². The molecule has 1 N–H and O–H groups in total. The number of nitrogens with zero attached hydrogens (tertiary/aromatic N) is 3. The van der Waals surface area contributed by atoms with Crippen LogP contribution in [-0.4, -0.2) is 28.3 Å². The number of aryl methyl sites for hydroxylation is 1. The molecule has 0 spiro atoms. The molecule has 8 heteroatoms. The fourth-order valence-corrected chi connectivity index (χ4v) is 2.39. The molecule has 0 aliphatic rings. The van der Waals surface area contributed by atoms with Crippen LogP contribution in [0.3, 0.4) is 0 Å². The van der Waals surface area contributed by atoms with Crippen molar-refractivity contribution < 1.29 is 18.3 Å². The second kappa shape index (κ2) is 6.69. The SMILES string of the molecule is COc1ccc(OC(F)F)c(CNc2nccn3nc(C)cc23)c1. The fourth-order valence-electron chi connectivity index (χ4n) is 2.39. The van der Waals surface area contributed by atoms with E-state index in [1.54, 1.807) is 29.0 Å². The zero-order valence-corrected chi connectivity index (χ0v) is 13.2. The van der Waals surface area contributed by atoms with E-state index >= 15 is 0 Å². The molecule has 24 heavy (non-hydrogen) atoms. The first-order valence-electron chi connectivity index (χ1n) is 7.23. The van der Waals surface area contributed by atoms with Crippen molar-refractivity contribution in [3.05, 3.63) is 47.9 Å². The lowest BCUT2D eigenvalue weighted by Crippen LogP contribution is -2.08. The summed E-state index contributed by atoms with van der Waals surface area (Å²) in [5.41, 5.74) is 2.19. The molecule has 0 amide bonds. The average Bonchev–Trinajstić information content (AvgIpc) is 2.94. The number of benzene rings is 1. The van der Waals surface area contributed by atoms with E-state index in [1.807, 2.05) is 13.0 Å². The molecule has 0 atom stereocenters. The first-order chi connectivity index (χ1) is 11.6. The van der Waals surface area contributed by atoms with Gasteiger partial charge in [0, 0.05) is 24.5 Å². The van der Waals surface area contributed by atoms with Gasteiger partial charge in [-0.25, -0.2) is 9.50 Å². The number of nitrogens with one attached hydrogen (secondary N) is 1. The van der Waals surface area contributed by atoms with Crippen molar-refractivity contribution in [3.8, 4) is 11.5 Å². The van der Waals surface area contributed by atoms with E-state index < -0.39 is 6.61 Å². The zero-order valence-electron chi connectivity index (χ0n) is 13.2. The minimum atomic E-state index is -2.89. The number of alkyl halides is 2. The zero-order chi connectivity index (χ0) is 17.1. The van der Waals surface area contributed by atoms with Crippen LogP contribution in [0, 0.1) is 6.92 Å². The average molecular weight is 334 g/mol. The first kappa shape index (κ1) is 16.0. The lowest BCUT2D eigenvalue weighted by atomic mass is 10.2. The van der Waals surface area contributed by atoms with Crippen LogP contribution in [0.4, 0.5) is 14.6 Å². The van der Waals surface area contributed by atoms with Crippen LogP contribution >= 0.6 is 0 Å². The molecule has 0 aliphatic carbocycles. The Kier molecular flexibility index (Phi) is 4.45. The molecule has 0 bridgehead atoms. The van der Waals surface area contributed by atoms with Crippen LogP contribution in [0.1, 0.15) is 11.3 Å². The molecule has 3 aromatic rings. The summed E-state index contributed by atoms with van der Waals surface area (Å²) in [6.07, 6.45) is 3.36. The van der Waals surface area contributed by atoms with Gasteiger partial charge in [-0.2, -0.15) is 13.9 Å². The molecule has 0 radical (unpaired) electrons. The van der Waals surface area contributed by atoms with Gasteiger partial charge in [0.05, 0.1) is 12.8 Å². The number of hydrogen-bond acceptors (Lipinski definition) is 5. The van der Waals surface area contributed by atoms with Crippen LogP contribution in [0.15, 0.2) is 36.7 Å². The fraction of sp³-hybridized carbons (Fsp3) is 0.250. The number of ether oxygens (including phenoxy) is 2. The molecule has 0 unspecified atom stereocenters. The van der Waals surface area contributed by atoms with Crippen molar-refractivity contribution in [2.45, 2.75) is 20.1 Å². The van der Waals surface area contributed by atoms with Crippen molar-refractivity contribution >= 4 is 11.3 Å². The summed E-state index contributed by atoms with van der Waals surface area (Å²) >= 11 is 0. The predicted octanol–water partition coefficient (Wildman–Crippen LogP) is 3.26. The van der Waals surface area contributed by atoms with Crippen molar-refractivity contribution in [3.63, 3.8) is 0 Å². The normalized spacial score (nSPS) is 11.0. The lowest BCUT2D eigenvalue weighted by molar-refractivity contribution is -0.0504. The maximum absolute atomic E-state index is 12.6. The predicted molar refractivity (Wildman–Crippen MR) is 84.7 cm³/mol. The van der Waals surface area contributed by atoms with Gasteiger partial charge in [0.25, 0.3) is 0 Å². The Hall–Kier alpha value is -2.90. The Bertz CT molecular complexity index is 851. The maximum Gasteiger partial charge on any atom is 0.387 e. The van der Waals surface area contributed by atoms with Gasteiger partial charge < -0.3 is 14.8 Å². The van der Waals surface area contributed by atoms with E-state index in [0.717, 1.165) is 11.2 Å². The highest BCUT2D eigenvalue weighted by Gasteiger charge is 2.12. The number of hydrogen-bond donors (Lipinski definition) is 1. The number of fused-ring (bicyclic) bond motifs is 1. The second-order valence-electron chi connectivity index (χ2n) is 5.10. The molecule has 2 aromatic heterocycles. The summed E-state index contributed by atoms with van der Waals surface area (Å²) in [5.74, 6) is 1.25. The van der Waals surface area contributed by atoms with Gasteiger partial charge in [-0.05, 0) is 31.2 Å². The summed E-state index contributed by atoms with van der Waals surface area (Å²) < 4.78 is 36.5. The Morgan fingerprint density at radius 3 is 2.88 bits per heavy atom. The van der Waals surface area contributed by atoms with Crippen LogP contribution in [-0.2, 0) is 6.54 Å². The van der Waals surface area contributed by atoms with Crippen molar-refractivity contribution in [1.82, 2.24) is 14.6 Å². The summed E-state index contributed by atoms with van der Waals surface area (Å²) in [4.78, 5) is 4.28. The monoisotopic (exact) mass is 334 g/mol. The largest absolute Gasteiger partial charge is 0.497 e. The Labute approximate surface area is 137 Å². The van der Waals surface area contributed by atoms with Gasteiger partial charge in [0.2, 0.25) is 0 Å². The third kappa shape index (κ3) is 3.37. The van der Waals surface area contributed by atoms with Crippen molar-refractivity contribution in [2.75, 3.05) is 12.4 Å². The molecule has 0 fully saturated rings. The summed E-state index contributed by atoms with van der Waals surface area (Å²) in [6.45, 7) is -0.764. The van der Waals surface area contributed by atoms with Crippen molar-refractivity contribution in [1.29, 1.82) is 0 Å². The quantitative estimate of drug-likeness (QED) is 0.750. The van der Waals surface area contributed by atoms with Crippen LogP contribution < -0.4 is 14.8 Å². The third-order valence-electron chi connectivity index (χ3n) is 3.44. The van der Waals surface area contributed by atoms with Crippen LogP contribution in [0.5, 0.6) is 11.5 Å². The molecule has 126 valence electrons. The summed E-state index contributed by atoms with van der Waals surface area (Å²) in [6, 6.07) is 6.56.